The first-order valence-corrected chi connectivity index (χ1v) is 8.07. The lowest BCUT2D eigenvalue weighted by Crippen LogP contribution is -2.34. The van der Waals surface area contributed by atoms with Crippen molar-refractivity contribution < 1.29 is 13.2 Å². The van der Waals surface area contributed by atoms with E-state index in [0.29, 0.717) is 32.8 Å². The van der Waals surface area contributed by atoms with E-state index in [-0.39, 0.29) is 10.3 Å². The lowest BCUT2D eigenvalue weighted by Gasteiger charge is -2.21. The predicted molar refractivity (Wildman–Crippen MR) is 74.6 cm³/mol. The average Bonchev–Trinajstić information content (AvgIpc) is 3.04. The average molecular weight is 302 g/mol. The second-order valence-corrected chi connectivity index (χ2v) is 7.47. The van der Waals surface area contributed by atoms with E-state index in [1.807, 2.05) is 6.92 Å². The first kappa shape index (κ1) is 15.4. The standard InChI is InChI=1S/C12H22N4O3S/c1-12(9-13)3-4-16(10-12)20(17,18)11-7-14-15(8-11)5-6-19-2/h7-8H,3-6,9-10,13H2,1-2H3. The van der Waals surface area contributed by atoms with Gasteiger partial charge in [-0.1, -0.05) is 6.92 Å². The Balaban J connectivity index is 2.13. The van der Waals surface area contributed by atoms with Gasteiger partial charge in [-0.25, -0.2) is 8.42 Å². The van der Waals surface area contributed by atoms with E-state index in [0.717, 1.165) is 6.42 Å². The van der Waals surface area contributed by atoms with Gasteiger partial charge in [0.05, 0.1) is 19.3 Å². The molecule has 1 fully saturated rings. The van der Waals surface area contributed by atoms with Crippen molar-refractivity contribution in [3.63, 3.8) is 0 Å². The zero-order valence-electron chi connectivity index (χ0n) is 11.9. The Hall–Kier alpha value is -0.960. The Bertz CT molecular complexity index is 557. The molecular weight excluding hydrogens is 280 g/mol. The molecule has 2 rings (SSSR count). The fraction of sp³-hybridized carbons (Fsp3) is 0.750. The van der Waals surface area contributed by atoms with Crippen LogP contribution in [-0.4, -0.2) is 55.9 Å². The van der Waals surface area contributed by atoms with Crippen LogP contribution in [0, 0.1) is 5.41 Å². The van der Waals surface area contributed by atoms with Crippen molar-refractivity contribution in [3.8, 4) is 0 Å². The topological polar surface area (TPSA) is 90.5 Å². The third kappa shape index (κ3) is 3.03. The summed E-state index contributed by atoms with van der Waals surface area (Å²) in [5.41, 5.74) is 5.59. The molecule has 1 aromatic rings. The molecule has 1 aliphatic heterocycles. The SMILES string of the molecule is COCCn1cc(S(=O)(=O)N2CCC(C)(CN)C2)cn1. The summed E-state index contributed by atoms with van der Waals surface area (Å²) in [6.45, 7) is 4.52. The molecule has 1 saturated heterocycles. The van der Waals surface area contributed by atoms with Crippen LogP contribution in [0.5, 0.6) is 0 Å². The van der Waals surface area contributed by atoms with Crippen LogP contribution in [0.15, 0.2) is 17.3 Å². The van der Waals surface area contributed by atoms with Crippen LogP contribution < -0.4 is 5.73 Å². The quantitative estimate of drug-likeness (QED) is 0.792. The van der Waals surface area contributed by atoms with Crippen LogP contribution >= 0.6 is 0 Å². The van der Waals surface area contributed by atoms with E-state index in [9.17, 15) is 8.42 Å². The smallest absolute Gasteiger partial charge is 0.246 e. The molecule has 2 heterocycles. The highest BCUT2D eigenvalue weighted by Gasteiger charge is 2.39. The normalized spacial score (nSPS) is 24.4. The summed E-state index contributed by atoms with van der Waals surface area (Å²) < 4.78 is 33.1. The van der Waals surface area contributed by atoms with Crippen LogP contribution in [0.3, 0.4) is 0 Å². The van der Waals surface area contributed by atoms with E-state index in [1.165, 1.54) is 10.5 Å². The summed E-state index contributed by atoms with van der Waals surface area (Å²) in [6, 6.07) is 0. The Morgan fingerprint density at radius 3 is 2.90 bits per heavy atom. The van der Waals surface area contributed by atoms with E-state index < -0.39 is 10.0 Å². The van der Waals surface area contributed by atoms with Crippen LogP contribution in [-0.2, 0) is 21.3 Å². The number of nitrogens with zero attached hydrogens (tertiary/aromatic N) is 3. The zero-order valence-corrected chi connectivity index (χ0v) is 12.8. The number of ether oxygens (including phenoxy) is 1. The van der Waals surface area contributed by atoms with E-state index >= 15 is 0 Å². The lowest BCUT2D eigenvalue weighted by atomic mass is 9.90. The highest BCUT2D eigenvalue weighted by Crippen LogP contribution is 2.32. The number of aromatic nitrogens is 2. The van der Waals surface area contributed by atoms with Crippen LogP contribution in [0.2, 0.25) is 0 Å². The molecule has 0 spiro atoms. The van der Waals surface area contributed by atoms with Gasteiger partial charge in [0, 0.05) is 26.4 Å². The van der Waals surface area contributed by atoms with E-state index in [1.54, 1.807) is 18.0 Å². The molecule has 1 atom stereocenters. The molecule has 114 valence electrons. The Labute approximate surface area is 119 Å². The third-order valence-corrected chi connectivity index (χ3v) is 5.59. The zero-order chi connectivity index (χ0) is 14.8. The van der Waals surface area contributed by atoms with Crippen molar-refractivity contribution >= 4 is 10.0 Å². The largest absolute Gasteiger partial charge is 0.383 e. The summed E-state index contributed by atoms with van der Waals surface area (Å²) in [6.07, 6.45) is 3.73. The lowest BCUT2D eigenvalue weighted by molar-refractivity contribution is 0.183. The van der Waals surface area contributed by atoms with Gasteiger partial charge >= 0.3 is 0 Å². The van der Waals surface area contributed by atoms with Crippen molar-refractivity contribution in [2.45, 2.75) is 24.8 Å². The summed E-state index contributed by atoms with van der Waals surface area (Å²) in [5, 5.41) is 4.05. The molecule has 0 amide bonds. The van der Waals surface area contributed by atoms with Gasteiger partial charge in [0.25, 0.3) is 0 Å². The number of nitrogens with two attached hydrogens (primary N) is 1. The maximum absolute atomic E-state index is 12.5. The maximum atomic E-state index is 12.5. The highest BCUT2D eigenvalue weighted by molar-refractivity contribution is 7.89. The minimum absolute atomic E-state index is 0.126. The number of sulfonamides is 1. The number of methoxy groups -OCH3 is 1. The Kier molecular flexibility index (Phi) is 4.48. The third-order valence-electron chi connectivity index (χ3n) is 3.79. The van der Waals surface area contributed by atoms with Crippen molar-refractivity contribution in [1.82, 2.24) is 14.1 Å². The molecule has 1 aliphatic rings. The maximum Gasteiger partial charge on any atom is 0.246 e. The van der Waals surface area contributed by atoms with Crippen LogP contribution in [0.1, 0.15) is 13.3 Å². The second kappa shape index (κ2) is 5.80. The Morgan fingerprint density at radius 2 is 2.30 bits per heavy atom. The van der Waals surface area contributed by atoms with Crippen molar-refractivity contribution in [2.75, 3.05) is 33.4 Å². The fourth-order valence-corrected chi connectivity index (χ4v) is 3.83. The summed E-state index contributed by atoms with van der Waals surface area (Å²) in [5.74, 6) is 0. The minimum atomic E-state index is -3.47. The molecule has 20 heavy (non-hydrogen) atoms. The molecule has 1 aromatic heterocycles. The molecule has 8 heteroatoms. The van der Waals surface area contributed by atoms with Crippen molar-refractivity contribution in [1.29, 1.82) is 0 Å². The first-order valence-electron chi connectivity index (χ1n) is 6.63. The molecule has 0 aromatic carbocycles. The summed E-state index contributed by atoms with van der Waals surface area (Å²) >= 11 is 0. The van der Waals surface area contributed by atoms with E-state index in [2.05, 4.69) is 5.10 Å². The predicted octanol–water partition coefficient (Wildman–Crippen LogP) is -0.111. The van der Waals surface area contributed by atoms with Gasteiger partial charge in [-0.3, -0.25) is 4.68 Å². The molecule has 2 N–H and O–H groups in total. The van der Waals surface area contributed by atoms with Gasteiger partial charge in [0.2, 0.25) is 10.0 Å². The summed E-state index contributed by atoms with van der Waals surface area (Å²) in [7, 11) is -1.87. The Morgan fingerprint density at radius 1 is 1.55 bits per heavy atom. The second-order valence-electron chi connectivity index (χ2n) is 5.54. The summed E-state index contributed by atoms with van der Waals surface area (Å²) in [4.78, 5) is 0.231. The molecule has 0 saturated carbocycles. The molecule has 7 nitrogen and oxygen atoms in total. The first-order chi connectivity index (χ1) is 9.41. The number of hydrogen-bond acceptors (Lipinski definition) is 5. The number of hydrogen-bond donors (Lipinski definition) is 1. The molecule has 1 unspecified atom stereocenters. The van der Waals surface area contributed by atoms with Crippen molar-refractivity contribution in [2.24, 2.45) is 11.1 Å². The van der Waals surface area contributed by atoms with Gasteiger partial charge in [0.1, 0.15) is 4.90 Å². The van der Waals surface area contributed by atoms with Crippen LogP contribution in [0.25, 0.3) is 0 Å². The molecule has 0 radical (unpaired) electrons. The fourth-order valence-electron chi connectivity index (χ4n) is 2.28. The number of rotatable bonds is 6. The van der Waals surface area contributed by atoms with Gasteiger partial charge in [-0.2, -0.15) is 9.40 Å². The van der Waals surface area contributed by atoms with E-state index in [4.69, 9.17) is 10.5 Å². The minimum Gasteiger partial charge on any atom is -0.383 e. The van der Waals surface area contributed by atoms with Crippen molar-refractivity contribution in [3.05, 3.63) is 12.4 Å². The monoisotopic (exact) mass is 302 g/mol. The van der Waals surface area contributed by atoms with Gasteiger partial charge in [0.15, 0.2) is 0 Å². The molecule has 0 bridgehead atoms. The van der Waals surface area contributed by atoms with Gasteiger partial charge in [-0.15, -0.1) is 0 Å². The van der Waals surface area contributed by atoms with Gasteiger partial charge < -0.3 is 10.5 Å². The van der Waals surface area contributed by atoms with Gasteiger partial charge in [-0.05, 0) is 18.4 Å². The molecule has 0 aliphatic carbocycles. The molecular formula is C12H22N4O3S. The highest BCUT2D eigenvalue weighted by atomic mass is 32.2. The van der Waals surface area contributed by atoms with Crippen LogP contribution in [0.4, 0.5) is 0 Å².